The minimum Gasteiger partial charge on any atom is -0.375 e. The van der Waals surface area contributed by atoms with Crippen LogP contribution in [-0.4, -0.2) is 30.2 Å². The lowest BCUT2D eigenvalue weighted by atomic mass is 9.68. The molecule has 0 bridgehead atoms. The van der Waals surface area contributed by atoms with Crippen LogP contribution in [0.25, 0.3) is 0 Å². The molecule has 1 spiro atoms. The van der Waals surface area contributed by atoms with E-state index in [1.54, 1.807) is 0 Å². The molecule has 1 unspecified atom stereocenters. The zero-order valence-corrected chi connectivity index (χ0v) is 13.5. The van der Waals surface area contributed by atoms with Crippen molar-refractivity contribution >= 4 is 5.78 Å². The summed E-state index contributed by atoms with van der Waals surface area (Å²) in [5, 5.41) is 0. The lowest BCUT2D eigenvalue weighted by Gasteiger charge is -2.48. The summed E-state index contributed by atoms with van der Waals surface area (Å²) in [6.07, 6.45) is 12.1. The molecule has 2 aliphatic carbocycles. The van der Waals surface area contributed by atoms with Crippen LogP contribution in [0.1, 0.15) is 77.6 Å². The summed E-state index contributed by atoms with van der Waals surface area (Å²) in [5.74, 6) is 0.574. The van der Waals surface area contributed by atoms with Crippen LogP contribution in [0.4, 0.5) is 0 Å². The molecule has 3 fully saturated rings. The van der Waals surface area contributed by atoms with Crippen LogP contribution in [0.3, 0.4) is 0 Å². The third kappa shape index (κ3) is 3.05. The van der Waals surface area contributed by atoms with Gasteiger partial charge in [-0.25, -0.2) is 0 Å². The number of ether oxygens (including phenoxy) is 2. The van der Waals surface area contributed by atoms with E-state index in [1.807, 2.05) is 6.92 Å². The van der Waals surface area contributed by atoms with Crippen LogP contribution in [0.5, 0.6) is 0 Å². The molecule has 0 radical (unpaired) electrons. The van der Waals surface area contributed by atoms with E-state index in [9.17, 15) is 4.79 Å². The zero-order chi connectivity index (χ0) is 14.8. The number of ketones is 1. The Morgan fingerprint density at radius 3 is 2.38 bits per heavy atom. The first-order chi connectivity index (χ1) is 10.2. The molecular formula is C18H30O3. The van der Waals surface area contributed by atoms with Gasteiger partial charge in [-0.2, -0.15) is 0 Å². The molecule has 1 saturated heterocycles. The highest BCUT2D eigenvalue weighted by molar-refractivity contribution is 5.89. The first kappa shape index (κ1) is 15.5. The first-order valence-corrected chi connectivity index (χ1v) is 9.02. The summed E-state index contributed by atoms with van der Waals surface area (Å²) in [7, 11) is 0. The van der Waals surface area contributed by atoms with E-state index in [2.05, 4.69) is 0 Å². The largest absolute Gasteiger partial charge is 0.375 e. The highest BCUT2D eigenvalue weighted by Gasteiger charge is 2.49. The Morgan fingerprint density at radius 2 is 1.81 bits per heavy atom. The van der Waals surface area contributed by atoms with Crippen molar-refractivity contribution in [3.05, 3.63) is 0 Å². The summed E-state index contributed by atoms with van der Waals surface area (Å²) in [6, 6.07) is 0. The predicted octanol–water partition coefficient (Wildman–Crippen LogP) is 4.03. The molecule has 3 rings (SSSR count). The zero-order valence-electron chi connectivity index (χ0n) is 13.5. The molecule has 3 heteroatoms. The number of hydrogen-bond donors (Lipinski definition) is 0. The summed E-state index contributed by atoms with van der Waals surface area (Å²) >= 11 is 0. The highest BCUT2D eigenvalue weighted by Crippen LogP contribution is 2.46. The van der Waals surface area contributed by atoms with Gasteiger partial charge in [-0.3, -0.25) is 4.79 Å². The Bertz CT molecular complexity index is 365. The quantitative estimate of drug-likeness (QED) is 0.734. The fourth-order valence-electron chi connectivity index (χ4n) is 4.58. The number of rotatable bonds is 4. The van der Waals surface area contributed by atoms with E-state index >= 15 is 0 Å². The number of carbonyl (C=O) groups is 1. The van der Waals surface area contributed by atoms with Crippen LogP contribution >= 0.6 is 0 Å². The van der Waals surface area contributed by atoms with Crippen LogP contribution in [0.15, 0.2) is 0 Å². The smallest absolute Gasteiger partial charge is 0.167 e. The lowest BCUT2D eigenvalue weighted by molar-refractivity contribution is -0.172. The van der Waals surface area contributed by atoms with Gasteiger partial charge in [-0.05, 0) is 51.9 Å². The monoisotopic (exact) mass is 294 g/mol. The average Bonchev–Trinajstić information content (AvgIpc) is 2.72. The first-order valence-electron chi connectivity index (χ1n) is 9.02. The minimum atomic E-state index is -0.474. The third-order valence-electron chi connectivity index (χ3n) is 5.91. The topological polar surface area (TPSA) is 35.5 Å². The van der Waals surface area contributed by atoms with E-state index < -0.39 is 5.60 Å². The van der Waals surface area contributed by atoms with Crippen molar-refractivity contribution in [3.8, 4) is 0 Å². The van der Waals surface area contributed by atoms with Crippen molar-refractivity contribution in [1.29, 1.82) is 0 Å². The van der Waals surface area contributed by atoms with E-state index in [-0.39, 0.29) is 11.5 Å². The molecule has 3 nitrogen and oxygen atoms in total. The van der Waals surface area contributed by atoms with Gasteiger partial charge in [-0.1, -0.05) is 25.7 Å². The van der Waals surface area contributed by atoms with Gasteiger partial charge in [-0.15, -0.1) is 0 Å². The maximum absolute atomic E-state index is 13.3. The molecule has 0 amide bonds. The highest BCUT2D eigenvalue weighted by atomic mass is 16.5. The van der Waals surface area contributed by atoms with Crippen molar-refractivity contribution < 1.29 is 14.3 Å². The van der Waals surface area contributed by atoms with Gasteiger partial charge in [0, 0.05) is 19.1 Å². The summed E-state index contributed by atoms with van der Waals surface area (Å²) in [5.41, 5.74) is -0.422. The SMILES string of the molecule is CCOC1(C(=O)C2CCOC3(CCC3)C2)CCCCCC1. The van der Waals surface area contributed by atoms with Gasteiger partial charge in [0.05, 0.1) is 5.60 Å². The maximum Gasteiger partial charge on any atom is 0.167 e. The van der Waals surface area contributed by atoms with E-state index in [0.717, 1.165) is 58.0 Å². The van der Waals surface area contributed by atoms with Crippen LogP contribution in [-0.2, 0) is 14.3 Å². The Balaban J connectivity index is 1.73. The molecule has 1 atom stereocenters. The Hall–Kier alpha value is -0.410. The summed E-state index contributed by atoms with van der Waals surface area (Å²) in [4.78, 5) is 13.3. The maximum atomic E-state index is 13.3. The Morgan fingerprint density at radius 1 is 1.10 bits per heavy atom. The van der Waals surface area contributed by atoms with Gasteiger partial charge in [0.25, 0.3) is 0 Å². The van der Waals surface area contributed by atoms with Gasteiger partial charge in [0.1, 0.15) is 5.60 Å². The standard InChI is InChI=1S/C18H30O3/c1-2-20-18(11-5-3-4-6-12-18)16(19)15-8-13-21-17(14-15)9-7-10-17/h15H,2-14H2,1H3. The number of hydrogen-bond acceptors (Lipinski definition) is 3. The fourth-order valence-corrected chi connectivity index (χ4v) is 4.58. The van der Waals surface area contributed by atoms with Crippen molar-refractivity contribution in [2.45, 2.75) is 88.8 Å². The second-order valence-electron chi connectivity index (χ2n) is 7.28. The van der Waals surface area contributed by atoms with Crippen LogP contribution < -0.4 is 0 Å². The molecular weight excluding hydrogens is 264 g/mol. The van der Waals surface area contributed by atoms with Gasteiger partial charge in [0.2, 0.25) is 0 Å². The normalized spacial score (nSPS) is 31.4. The van der Waals surface area contributed by atoms with Crippen molar-refractivity contribution in [1.82, 2.24) is 0 Å². The number of Topliss-reactive ketones (excluding diaryl/α,β-unsaturated/α-hetero) is 1. The van der Waals surface area contributed by atoms with Gasteiger partial charge >= 0.3 is 0 Å². The predicted molar refractivity (Wildman–Crippen MR) is 82.3 cm³/mol. The molecule has 0 aromatic heterocycles. The van der Waals surface area contributed by atoms with Crippen molar-refractivity contribution in [3.63, 3.8) is 0 Å². The molecule has 0 aromatic carbocycles. The lowest BCUT2D eigenvalue weighted by Crippen LogP contribution is -2.52. The minimum absolute atomic E-state index is 0.0523. The molecule has 21 heavy (non-hydrogen) atoms. The van der Waals surface area contributed by atoms with E-state index in [4.69, 9.17) is 9.47 Å². The molecule has 120 valence electrons. The average molecular weight is 294 g/mol. The van der Waals surface area contributed by atoms with Crippen molar-refractivity contribution in [2.75, 3.05) is 13.2 Å². The molecule has 3 aliphatic rings. The van der Waals surface area contributed by atoms with Gasteiger partial charge in [0.15, 0.2) is 5.78 Å². The second-order valence-corrected chi connectivity index (χ2v) is 7.28. The Kier molecular flexibility index (Phi) is 4.70. The van der Waals surface area contributed by atoms with E-state index in [1.165, 1.54) is 19.3 Å². The number of carbonyl (C=O) groups excluding carboxylic acids is 1. The molecule has 1 heterocycles. The third-order valence-corrected chi connectivity index (χ3v) is 5.91. The molecule has 2 saturated carbocycles. The molecule has 1 aliphatic heterocycles. The fraction of sp³-hybridized carbons (Fsp3) is 0.944. The van der Waals surface area contributed by atoms with Gasteiger partial charge < -0.3 is 9.47 Å². The summed E-state index contributed by atoms with van der Waals surface area (Å²) < 4.78 is 12.1. The van der Waals surface area contributed by atoms with E-state index in [0.29, 0.717) is 12.4 Å². The second kappa shape index (κ2) is 6.37. The Labute approximate surface area is 128 Å². The summed E-state index contributed by atoms with van der Waals surface area (Å²) in [6.45, 7) is 3.44. The van der Waals surface area contributed by atoms with Crippen LogP contribution in [0.2, 0.25) is 0 Å². The molecule has 0 aromatic rings. The van der Waals surface area contributed by atoms with Crippen molar-refractivity contribution in [2.24, 2.45) is 5.92 Å². The molecule has 0 N–H and O–H groups in total. The van der Waals surface area contributed by atoms with Crippen LogP contribution in [0, 0.1) is 5.92 Å².